The lowest BCUT2D eigenvalue weighted by Crippen LogP contribution is -2.09. The first-order chi connectivity index (χ1) is 13.9. The highest BCUT2D eigenvalue weighted by molar-refractivity contribution is 8.00. The molecular formula is C22H23N3O2S2. The first kappa shape index (κ1) is 20.0. The first-order valence-corrected chi connectivity index (χ1v) is 11.5. The molecule has 0 bridgehead atoms. The number of nitrogens with one attached hydrogen (secondary N) is 1. The highest BCUT2D eigenvalue weighted by atomic mass is 32.2. The van der Waals surface area contributed by atoms with Crippen LogP contribution in [-0.2, 0) is 17.6 Å². The van der Waals surface area contributed by atoms with Gasteiger partial charge in [0.05, 0.1) is 5.75 Å². The van der Waals surface area contributed by atoms with E-state index in [1.807, 2.05) is 6.92 Å². The zero-order valence-corrected chi connectivity index (χ0v) is 18.4. The molecule has 150 valence electrons. The lowest BCUT2D eigenvalue weighted by Gasteiger charge is -2.18. The van der Waals surface area contributed by atoms with E-state index >= 15 is 0 Å². The molecule has 1 unspecified atom stereocenters. The van der Waals surface area contributed by atoms with Gasteiger partial charge in [-0.25, -0.2) is 9.97 Å². The van der Waals surface area contributed by atoms with E-state index in [9.17, 15) is 9.59 Å². The van der Waals surface area contributed by atoms with Gasteiger partial charge in [0, 0.05) is 28.4 Å². The summed E-state index contributed by atoms with van der Waals surface area (Å²) in [7, 11) is 0. The number of carbonyl (C=O) groups is 2. The molecule has 0 radical (unpaired) electrons. The number of rotatable bonds is 5. The van der Waals surface area contributed by atoms with Gasteiger partial charge in [0.25, 0.3) is 0 Å². The molecular weight excluding hydrogens is 402 g/mol. The second-order valence-corrected chi connectivity index (χ2v) is 9.63. The molecule has 1 aromatic carbocycles. The van der Waals surface area contributed by atoms with Crippen LogP contribution in [0.1, 0.15) is 46.9 Å². The number of Topliss-reactive ketones (excluding diaryl/α,β-unsaturated/α-hetero) is 1. The van der Waals surface area contributed by atoms with Crippen LogP contribution in [0, 0.1) is 12.8 Å². The molecule has 1 aliphatic carbocycles. The van der Waals surface area contributed by atoms with E-state index in [1.54, 1.807) is 35.6 Å². The van der Waals surface area contributed by atoms with Crippen LogP contribution in [0.15, 0.2) is 29.3 Å². The third kappa shape index (κ3) is 4.36. The second-order valence-electron chi connectivity index (χ2n) is 7.58. The molecule has 1 atom stereocenters. The monoisotopic (exact) mass is 425 g/mol. The topological polar surface area (TPSA) is 72.0 Å². The normalized spacial score (nSPS) is 15.9. The molecule has 5 nitrogen and oxygen atoms in total. The highest BCUT2D eigenvalue weighted by Crippen LogP contribution is 2.41. The number of hydrogen-bond donors (Lipinski definition) is 1. The van der Waals surface area contributed by atoms with Crippen LogP contribution in [0.4, 0.5) is 5.69 Å². The van der Waals surface area contributed by atoms with E-state index in [1.165, 1.54) is 35.5 Å². The van der Waals surface area contributed by atoms with E-state index in [2.05, 4.69) is 22.2 Å². The molecule has 1 N–H and O–H groups in total. The molecule has 1 amide bonds. The summed E-state index contributed by atoms with van der Waals surface area (Å²) < 4.78 is 0. The van der Waals surface area contributed by atoms with Crippen molar-refractivity contribution in [3.8, 4) is 0 Å². The lowest BCUT2D eigenvalue weighted by atomic mass is 9.89. The van der Waals surface area contributed by atoms with Gasteiger partial charge >= 0.3 is 0 Å². The third-order valence-corrected chi connectivity index (χ3v) is 7.22. The Bertz CT molecular complexity index is 1090. The van der Waals surface area contributed by atoms with Crippen LogP contribution >= 0.6 is 23.1 Å². The number of thioether (sulfide) groups is 1. The van der Waals surface area contributed by atoms with Crippen LogP contribution in [0.3, 0.4) is 0 Å². The summed E-state index contributed by atoms with van der Waals surface area (Å²) in [5, 5.41) is 4.79. The number of aryl methyl sites for hydroxylation is 2. The molecule has 29 heavy (non-hydrogen) atoms. The van der Waals surface area contributed by atoms with Crippen LogP contribution in [0.25, 0.3) is 10.2 Å². The number of carbonyl (C=O) groups excluding carboxylic acids is 2. The van der Waals surface area contributed by atoms with Gasteiger partial charge in [-0.3, -0.25) is 9.59 Å². The van der Waals surface area contributed by atoms with Gasteiger partial charge in [0.15, 0.2) is 5.78 Å². The number of amides is 1. The van der Waals surface area contributed by atoms with Crippen molar-refractivity contribution < 1.29 is 9.59 Å². The fraction of sp³-hybridized carbons (Fsp3) is 0.364. The average Bonchev–Trinajstić information content (AvgIpc) is 3.02. The smallest absolute Gasteiger partial charge is 0.221 e. The SMILES string of the molecule is CC(=O)Nc1ccc(C(=O)CSc2nc(C)nc3sc4c(c23)CCC(C)C4)cc1. The number of thiophene rings is 1. The van der Waals surface area contributed by atoms with E-state index < -0.39 is 0 Å². The molecule has 3 aromatic rings. The third-order valence-electron chi connectivity index (χ3n) is 5.10. The molecule has 4 rings (SSSR count). The molecule has 0 aliphatic heterocycles. The number of benzene rings is 1. The van der Waals surface area contributed by atoms with Crippen molar-refractivity contribution in [2.75, 3.05) is 11.1 Å². The molecule has 2 heterocycles. The number of nitrogens with zero attached hydrogens (tertiary/aromatic N) is 2. The minimum atomic E-state index is -0.128. The maximum Gasteiger partial charge on any atom is 0.221 e. The van der Waals surface area contributed by atoms with Gasteiger partial charge in [-0.1, -0.05) is 18.7 Å². The summed E-state index contributed by atoms with van der Waals surface area (Å²) in [6, 6.07) is 7.01. The van der Waals surface area contributed by atoms with Gasteiger partial charge in [0.2, 0.25) is 5.91 Å². The highest BCUT2D eigenvalue weighted by Gasteiger charge is 2.24. The molecule has 1 aliphatic rings. The van der Waals surface area contributed by atoms with Gasteiger partial charge in [-0.15, -0.1) is 11.3 Å². The van der Waals surface area contributed by atoms with Gasteiger partial charge in [0.1, 0.15) is 15.7 Å². The van der Waals surface area contributed by atoms with Crippen LogP contribution in [0.2, 0.25) is 0 Å². The average molecular weight is 426 g/mol. The minimum Gasteiger partial charge on any atom is -0.326 e. The lowest BCUT2D eigenvalue weighted by molar-refractivity contribution is -0.114. The molecule has 0 saturated heterocycles. The van der Waals surface area contributed by atoms with Crippen molar-refractivity contribution in [2.45, 2.75) is 45.1 Å². The molecule has 0 saturated carbocycles. The van der Waals surface area contributed by atoms with Crippen molar-refractivity contribution in [3.05, 3.63) is 46.1 Å². The molecule has 0 spiro atoms. The maximum absolute atomic E-state index is 12.7. The quantitative estimate of drug-likeness (QED) is 0.351. The summed E-state index contributed by atoms with van der Waals surface area (Å²) in [5.41, 5.74) is 2.71. The predicted molar refractivity (Wildman–Crippen MR) is 119 cm³/mol. The Balaban J connectivity index is 1.55. The van der Waals surface area contributed by atoms with Gasteiger partial charge < -0.3 is 5.32 Å². The Labute approximate surface area is 178 Å². The van der Waals surface area contributed by atoms with Crippen LogP contribution in [0.5, 0.6) is 0 Å². The van der Waals surface area contributed by atoms with Crippen molar-refractivity contribution in [2.24, 2.45) is 5.92 Å². The van der Waals surface area contributed by atoms with E-state index in [0.29, 0.717) is 22.9 Å². The van der Waals surface area contributed by atoms with Crippen molar-refractivity contribution >= 4 is 50.7 Å². The standard InChI is InChI=1S/C22H23N3O2S2/c1-12-4-9-17-19(10-12)29-22-20(17)21(23-13(2)24-22)28-11-18(27)15-5-7-16(8-6-15)25-14(3)26/h5-8,12H,4,9-11H2,1-3H3,(H,25,26). The summed E-state index contributed by atoms with van der Waals surface area (Å²) in [6.45, 7) is 5.67. The van der Waals surface area contributed by atoms with Crippen LogP contribution < -0.4 is 5.32 Å². The van der Waals surface area contributed by atoms with Crippen molar-refractivity contribution in [1.29, 1.82) is 0 Å². The Hall–Kier alpha value is -2.25. The number of fused-ring (bicyclic) bond motifs is 3. The fourth-order valence-corrected chi connectivity index (χ4v) is 6.16. The van der Waals surface area contributed by atoms with Crippen molar-refractivity contribution in [3.63, 3.8) is 0 Å². The molecule has 7 heteroatoms. The maximum atomic E-state index is 12.7. The fourth-order valence-electron chi connectivity index (χ4n) is 3.67. The Morgan fingerprint density at radius 1 is 1.24 bits per heavy atom. The van der Waals surface area contributed by atoms with E-state index in [4.69, 9.17) is 0 Å². The summed E-state index contributed by atoms with van der Waals surface area (Å²) in [4.78, 5) is 35.6. The summed E-state index contributed by atoms with van der Waals surface area (Å²) >= 11 is 3.28. The number of aromatic nitrogens is 2. The zero-order chi connectivity index (χ0) is 20.5. The van der Waals surface area contributed by atoms with E-state index in [0.717, 1.165) is 33.9 Å². The second kappa shape index (κ2) is 8.24. The predicted octanol–water partition coefficient (Wildman–Crippen LogP) is 5.06. The summed E-state index contributed by atoms with van der Waals surface area (Å²) in [5.74, 6) is 1.70. The number of anilines is 1. The molecule has 2 aromatic heterocycles. The van der Waals surface area contributed by atoms with E-state index in [-0.39, 0.29) is 11.7 Å². The van der Waals surface area contributed by atoms with Gasteiger partial charge in [-0.2, -0.15) is 0 Å². The minimum absolute atomic E-state index is 0.0477. The number of ketones is 1. The zero-order valence-electron chi connectivity index (χ0n) is 16.7. The van der Waals surface area contributed by atoms with Crippen LogP contribution in [-0.4, -0.2) is 27.4 Å². The summed E-state index contributed by atoms with van der Waals surface area (Å²) in [6.07, 6.45) is 3.37. The Morgan fingerprint density at radius 2 is 2.00 bits per heavy atom. The van der Waals surface area contributed by atoms with Gasteiger partial charge in [-0.05, 0) is 61.9 Å². The Morgan fingerprint density at radius 3 is 2.72 bits per heavy atom. The first-order valence-electron chi connectivity index (χ1n) is 9.73. The largest absolute Gasteiger partial charge is 0.326 e. The Kier molecular flexibility index (Phi) is 5.69. The van der Waals surface area contributed by atoms with Crippen molar-refractivity contribution in [1.82, 2.24) is 9.97 Å². The number of hydrogen-bond acceptors (Lipinski definition) is 6. The molecule has 0 fully saturated rings.